The standard InChI is InChI=1S/C17H19N3O/c1-13-12-20(17(19-13)18-10-11-21-2)16-9-5-7-14-6-3-4-8-15(14)16/h3-9,12H,10-11H2,1-2H3,(H,18,19). The van der Waals surface area contributed by atoms with Crippen LogP contribution in [0.4, 0.5) is 5.95 Å². The molecule has 21 heavy (non-hydrogen) atoms. The molecule has 3 aromatic rings. The van der Waals surface area contributed by atoms with Gasteiger partial charge in [0.2, 0.25) is 5.95 Å². The van der Waals surface area contributed by atoms with Crippen molar-refractivity contribution in [1.82, 2.24) is 9.55 Å². The van der Waals surface area contributed by atoms with E-state index >= 15 is 0 Å². The molecule has 0 fully saturated rings. The van der Waals surface area contributed by atoms with E-state index in [1.54, 1.807) is 7.11 Å². The molecule has 0 unspecified atom stereocenters. The smallest absolute Gasteiger partial charge is 0.207 e. The van der Waals surface area contributed by atoms with E-state index in [0.29, 0.717) is 6.61 Å². The lowest BCUT2D eigenvalue weighted by molar-refractivity contribution is 0.210. The highest BCUT2D eigenvalue weighted by Gasteiger charge is 2.09. The zero-order valence-electron chi connectivity index (χ0n) is 12.3. The molecule has 0 saturated heterocycles. The van der Waals surface area contributed by atoms with Crippen molar-refractivity contribution in [3.05, 3.63) is 54.4 Å². The summed E-state index contributed by atoms with van der Waals surface area (Å²) < 4.78 is 7.19. The summed E-state index contributed by atoms with van der Waals surface area (Å²) in [6.07, 6.45) is 2.05. The lowest BCUT2D eigenvalue weighted by Crippen LogP contribution is -2.11. The first-order valence-corrected chi connectivity index (χ1v) is 7.06. The van der Waals surface area contributed by atoms with Gasteiger partial charge in [0.25, 0.3) is 0 Å². The molecule has 1 heterocycles. The molecule has 0 aliphatic rings. The van der Waals surface area contributed by atoms with Crippen LogP contribution in [-0.2, 0) is 4.74 Å². The highest BCUT2D eigenvalue weighted by molar-refractivity contribution is 5.90. The van der Waals surface area contributed by atoms with E-state index < -0.39 is 0 Å². The van der Waals surface area contributed by atoms with E-state index in [2.05, 4.69) is 63.5 Å². The highest BCUT2D eigenvalue weighted by Crippen LogP contribution is 2.25. The van der Waals surface area contributed by atoms with Crippen LogP contribution in [0.15, 0.2) is 48.7 Å². The lowest BCUT2D eigenvalue weighted by Gasteiger charge is -2.12. The molecule has 0 aliphatic heterocycles. The summed E-state index contributed by atoms with van der Waals surface area (Å²) >= 11 is 0. The van der Waals surface area contributed by atoms with Crippen LogP contribution < -0.4 is 5.32 Å². The van der Waals surface area contributed by atoms with Crippen molar-refractivity contribution >= 4 is 16.7 Å². The summed E-state index contributed by atoms with van der Waals surface area (Å²) in [4.78, 5) is 4.56. The minimum absolute atomic E-state index is 0.654. The third-order valence-corrected chi connectivity index (χ3v) is 3.44. The van der Waals surface area contributed by atoms with Gasteiger partial charge in [-0.1, -0.05) is 36.4 Å². The number of rotatable bonds is 5. The van der Waals surface area contributed by atoms with Crippen LogP contribution in [0, 0.1) is 6.92 Å². The van der Waals surface area contributed by atoms with Gasteiger partial charge in [0, 0.05) is 25.2 Å². The number of fused-ring (bicyclic) bond motifs is 1. The summed E-state index contributed by atoms with van der Waals surface area (Å²) in [6, 6.07) is 14.7. The van der Waals surface area contributed by atoms with Crippen LogP contribution in [-0.4, -0.2) is 29.8 Å². The van der Waals surface area contributed by atoms with Gasteiger partial charge in [-0.3, -0.25) is 4.57 Å². The number of methoxy groups -OCH3 is 1. The summed E-state index contributed by atoms with van der Waals surface area (Å²) in [7, 11) is 1.70. The van der Waals surface area contributed by atoms with Crippen LogP contribution in [0.5, 0.6) is 0 Å². The summed E-state index contributed by atoms with van der Waals surface area (Å²) in [5.41, 5.74) is 2.12. The Hall–Kier alpha value is -2.33. The molecule has 0 amide bonds. The zero-order chi connectivity index (χ0) is 14.7. The number of aryl methyl sites for hydroxylation is 1. The normalized spacial score (nSPS) is 11.0. The second-order valence-corrected chi connectivity index (χ2v) is 4.99. The Kier molecular flexibility index (Phi) is 3.88. The molecule has 0 spiro atoms. The molecule has 0 bridgehead atoms. The minimum atomic E-state index is 0.654. The zero-order valence-corrected chi connectivity index (χ0v) is 12.3. The van der Waals surface area contributed by atoms with Crippen LogP contribution in [0.2, 0.25) is 0 Å². The quantitative estimate of drug-likeness (QED) is 0.729. The molecular weight excluding hydrogens is 262 g/mol. The predicted molar refractivity (Wildman–Crippen MR) is 86.2 cm³/mol. The molecular formula is C17H19N3O. The first-order chi connectivity index (χ1) is 10.3. The van der Waals surface area contributed by atoms with E-state index in [1.165, 1.54) is 10.8 Å². The van der Waals surface area contributed by atoms with Gasteiger partial charge < -0.3 is 10.1 Å². The Morgan fingerprint density at radius 3 is 2.81 bits per heavy atom. The fraction of sp³-hybridized carbons (Fsp3) is 0.235. The Morgan fingerprint density at radius 1 is 1.14 bits per heavy atom. The van der Waals surface area contributed by atoms with Crippen molar-refractivity contribution in [3.8, 4) is 5.69 Å². The maximum Gasteiger partial charge on any atom is 0.207 e. The SMILES string of the molecule is COCCNc1nc(C)cn1-c1cccc2ccccc12. The van der Waals surface area contributed by atoms with E-state index in [1.807, 2.05) is 6.92 Å². The number of aromatic nitrogens is 2. The van der Waals surface area contributed by atoms with Gasteiger partial charge in [0.1, 0.15) is 0 Å². The average molecular weight is 281 g/mol. The largest absolute Gasteiger partial charge is 0.383 e. The van der Waals surface area contributed by atoms with Gasteiger partial charge in [-0.2, -0.15) is 0 Å². The van der Waals surface area contributed by atoms with Crippen molar-refractivity contribution < 1.29 is 4.74 Å². The van der Waals surface area contributed by atoms with Crippen LogP contribution in [0.3, 0.4) is 0 Å². The number of nitrogens with zero attached hydrogens (tertiary/aromatic N) is 2. The monoisotopic (exact) mass is 281 g/mol. The maximum absolute atomic E-state index is 5.09. The second kappa shape index (κ2) is 5.97. The predicted octanol–water partition coefficient (Wildman–Crippen LogP) is 3.39. The first kappa shape index (κ1) is 13.6. The summed E-state index contributed by atoms with van der Waals surface area (Å²) in [5.74, 6) is 0.848. The number of anilines is 1. The number of hydrogen-bond donors (Lipinski definition) is 1. The fourth-order valence-electron chi connectivity index (χ4n) is 2.49. The average Bonchev–Trinajstić information content (AvgIpc) is 2.88. The molecule has 4 nitrogen and oxygen atoms in total. The molecule has 108 valence electrons. The minimum Gasteiger partial charge on any atom is -0.383 e. The number of imidazole rings is 1. The first-order valence-electron chi connectivity index (χ1n) is 7.06. The third-order valence-electron chi connectivity index (χ3n) is 3.44. The van der Waals surface area contributed by atoms with E-state index in [4.69, 9.17) is 4.74 Å². The Bertz CT molecular complexity index is 743. The van der Waals surface area contributed by atoms with Crippen molar-refractivity contribution in [2.75, 3.05) is 25.6 Å². The Morgan fingerprint density at radius 2 is 1.95 bits per heavy atom. The molecule has 0 saturated carbocycles. The molecule has 0 radical (unpaired) electrons. The highest BCUT2D eigenvalue weighted by atomic mass is 16.5. The lowest BCUT2D eigenvalue weighted by atomic mass is 10.1. The van der Waals surface area contributed by atoms with Gasteiger partial charge in [-0.05, 0) is 18.4 Å². The fourth-order valence-corrected chi connectivity index (χ4v) is 2.49. The molecule has 2 aromatic carbocycles. The van der Waals surface area contributed by atoms with E-state index in [0.717, 1.165) is 23.9 Å². The Labute approximate surface area is 124 Å². The van der Waals surface area contributed by atoms with E-state index in [-0.39, 0.29) is 0 Å². The van der Waals surface area contributed by atoms with Crippen molar-refractivity contribution in [1.29, 1.82) is 0 Å². The van der Waals surface area contributed by atoms with Gasteiger partial charge >= 0.3 is 0 Å². The Balaban J connectivity index is 2.06. The van der Waals surface area contributed by atoms with Crippen molar-refractivity contribution in [2.45, 2.75) is 6.92 Å². The summed E-state index contributed by atoms with van der Waals surface area (Å²) in [5, 5.41) is 5.77. The third kappa shape index (κ3) is 2.76. The van der Waals surface area contributed by atoms with Crippen molar-refractivity contribution in [2.24, 2.45) is 0 Å². The van der Waals surface area contributed by atoms with Crippen LogP contribution >= 0.6 is 0 Å². The number of hydrogen-bond acceptors (Lipinski definition) is 3. The molecule has 3 rings (SSSR count). The summed E-state index contributed by atoms with van der Waals surface area (Å²) in [6.45, 7) is 3.39. The van der Waals surface area contributed by atoms with Gasteiger partial charge in [0.05, 0.1) is 18.0 Å². The van der Waals surface area contributed by atoms with Gasteiger partial charge in [-0.25, -0.2) is 4.98 Å². The molecule has 0 atom stereocenters. The molecule has 1 N–H and O–H groups in total. The van der Waals surface area contributed by atoms with E-state index in [9.17, 15) is 0 Å². The number of ether oxygens (including phenoxy) is 1. The molecule has 0 aliphatic carbocycles. The number of benzene rings is 2. The topological polar surface area (TPSA) is 39.1 Å². The second-order valence-electron chi connectivity index (χ2n) is 4.99. The molecule has 4 heteroatoms. The maximum atomic E-state index is 5.09. The number of nitrogens with one attached hydrogen (secondary N) is 1. The van der Waals surface area contributed by atoms with Gasteiger partial charge in [0.15, 0.2) is 0 Å². The van der Waals surface area contributed by atoms with Gasteiger partial charge in [-0.15, -0.1) is 0 Å². The molecule has 1 aromatic heterocycles. The van der Waals surface area contributed by atoms with Crippen LogP contribution in [0.1, 0.15) is 5.69 Å². The van der Waals surface area contributed by atoms with Crippen molar-refractivity contribution in [3.63, 3.8) is 0 Å². The van der Waals surface area contributed by atoms with Crippen LogP contribution in [0.25, 0.3) is 16.5 Å².